The highest BCUT2D eigenvalue weighted by Gasteiger charge is 2.01. The number of hydrogen-bond donors (Lipinski definition) is 2. The van der Waals surface area contributed by atoms with Gasteiger partial charge in [0.25, 0.3) is 0 Å². The van der Waals surface area contributed by atoms with Crippen LogP contribution in [0, 0.1) is 5.82 Å². The number of rotatable bonds is 4. The lowest BCUT2D eigenvalue weighted by atomic mass is 10.1. The minimum absolute atomic E-state index is 0.188. The fraction of sp³-hybridized carbons (Fsp3) is 0.125. The predicted molar refractivity (Wildman–Crippen MR) is 75.2 cm³/mol. The van der Waals surface area contributed by atoms with E-state index in [0.717, 1.165) is 17.6 Å². The quantitative estimate of drug-likeness (QED) is 0.731. The maximum Gasteiger partial charge on any atom is 0.123 e. The molecule has 0 unspecified atom stereocenters. The van der Waals surface area contributed by atoms with Gasteiger partial charge in [-0.2, -0.15) is 0 Å². The Kier molecular flexibility index (Phi) is 3.29. The van der Waals surface area contributed by atoms with Crippen LogP contribution in [-0.4, -0.2) is 4.98 Å². The molecule has 19 heavy (non-hydrogen) atoms. The summed E-state index contributed by atoms with van der Waals surface area (Å²) in [6, 6.07) is 15.0. The van der Waals surface area contributed by atoms with Gasteiger partial charge in [0, 0.05) is 30.2 Å². The number of aromatic nitrogens is 1. The fourth-order valence-corrected chi connectivity index (χ4v) is 2.29. The molecule has 0 spiro atoms. The molecule has 2 aromatic carbocycles. The van der Waals surface area contributed by atoms with E-state index in [1.807, 2.05) is 18.3 Å². The maximum absolute atomic E-state index is 13.1. The second-order valence-corrected chi connectivity index (χ2v) is 4.59. The van der Waals surface area contributed by atoms with Crippen LogP contribution in [0.4, 0.5) is 4.39 Å². The van der Waals surface area contributed by atoms with E-state index in [2.05, 4.69) is 28.5 Å². The Morgan fingerprint density at radius 1 is 1.00 bits per heavy atom. The molecule has 0 bridgehead atoms. The van der Waals surface area contributed by atoms with E-state index in [1.165, 1.54) is 17.0 Å². The number of nitrogens with one attached hydrogen (secondary N) is 2. The highest BCUT2D eigenvalue weighted by atomic mass is 19.1. The number of H-pyrrole nitrogens is 1. The van der Waals surface area contributed by atoms with Crippen molar-refractivity contribution >= 4 is 10.9 Å². The molecule has 3 aromatic rings. The molecule has 3 rings (SSSR count). The highest BCUT2D eigenvalue weighted by Crippen LogP contribution is 2.17. The molecule has 0 saturated heterocycles. The third-order valence-corrected chi connectivity index (χ3v) is 3.22. The monoisotopic (exact) mass is 254 g/mol. The second kappa shape index (κ2) is 5.24. The Hall–Kier alpha value is -2.13. The van der Waals surface area contributed by atoms with Crippen LogP contribution in [0.1, 0.15) is 11.1 Å². The van der Waals surface area contributed by atoms with Gasteiger partial charge in [-0.25, -0.2) is 4.39 Å². The van der Waals surface area contributed by atoms with Crippen molar-refractivity contribution in [2.45, 2.75) is 13.1 Å². The van der Waals surface area contributed by atoms with Crippen molar-refractivity contribution in [2.24, 2.45) is 0 Å². The molecule has 0 amide bonds. The van der Waals surface area contributed by atoms with Gasteiger partial charge in [-0.15, -0.1) is 0 Å². The molecule has 0 aliphatic heterocycles. The van der Waals surface area contributed by atoms with Gasteiger partial charge in [-0.3, -0.25) is 0 Å². The summed E-state index contributed by atoms with van der Waals surface area (Å²) in [7, 11) is 0. The van der Waals surface area contributed by atoms with E-state index < -0.39 is 0 Å². The van der Waals surface area contributed by atoms with Crippen molar-refractivity contribution in [1.29, 1.82) is 0 Å². The Morgan fingerprint density at radius 3 is 2.79 bits per heavy atom. The summed E-state index contributed by atoms with van der Waals surface area (Å²) in [5.74, 6) is -0.188. The van der Waals surface area contributed by atoms with E-state index in [9.17, 15) is 4.39 Å². The van der Waals surface area contributed by atoms with Gasteiger partial charge in [0.05, 0.1) is 0 Å². The van der Waals surface area contributed by atoms with Crippen LogP contribution >= 0.6 is 0 Å². The number of hydrogen-bond acceptors (Lipinski definition) is 1. The molecule has 1 aromatic heterocycles. The highest BCUT2D eigenvalue weighted by molar-refractivity contribution is 5.82. The van der Waals surface area contributed by atoms with E-state index in [-0.39, 0.29) is 5.82 Å². The molecular weight excluding hydrogens is 239 g/mol. The number of fused-ring (bicyclic) bond motifs is 1. The minimum atomic E-state index is -0.188. The first-order valence-electron chi connectivity index (χ1n) is 6.33. The van der Waals surface area contributed by atoms with Gasteiger partial charge in [-0.05, 0) is 35.4 Å². The van der Waals surface area contributed by atoms with Crippen molar-refractivity contribution in [3.63, 3.8) is 0 Å². The standard InChI is InChI=1S/C16H15FN2/c17-14-5-1-3-12(9-14)10-18-11-13-4-2-6-16-15(13)7-8-19-16/h1-9,18-19H,10-11H2. The predicted octanol–water partition coefficient (Wildman–Crippen LogP) is 3.60. The topological polar surface area (TPSA) is 27.8 Å². The van der Waals surface area contributed by atoms with E-state index in [0.29, 0.717) is 6.54 Å². The first-order chi connectivity index (χ1) is 9.33. The third kappa shape index (κ3) is 2.66. The molecule has 3 heteroatoms. The number of halogens is 1. The van der Waals surface area contributed by atoms with Gasteiger partial charge < -0.3 is 10.3 Å². The van der Waals surface area contributed by atoms with Crippen LogP contribution < -0.4 is 5.32 Å². The molecule has 0 radical (unpaired) electrons. The van der Waals surface area contributed by atoms with Gasteiger partial charge in [-0.1, -0.05) is 24.3 Å². The number of benzene rings is 2. The average Bonchev–Trinajstić information content (AvgIpc) is 2.88. The van der Waals surface area contributed by atoms with E-state index in [1.54, 1.807) is 12.1 Å². The molecule has 0 aliphatic rings. The molecule has 96 valence electrons. The van der Waals surface area contributed by atoms with Gasteiger partial charge in [0.2, 0.25) is 0 Å². The lowest BCUT2D eigenvalue weighted by Gasteiger charge is -2.06. The smallest absolute Gasteiger partial charge is 0.123 e. The van der Waals surface area contributed by atoms with Crippen molar-refractivity contribution in [3.05, 3.63) is 71.7 Å². The van der Waals surface area contributed by atoms with Crippen LogP contribution in [0.5, 0.6) is 0 Å². The summed E-state index contributed by atoms with van der Waals surface area (Å²) in [5.41, 5.74) is 3.35. The molecule has 0 saturated carbocycles. The van der Waals surface area contributed by atoms with Crippen LogP contribution in [0.25, 0.3) is 10.9 Å². The third-order valence-electron chi connectivity index (χ3n) is 3.22. The van der Waals surface area contributed by atoms with Gasteiger partial charge in [0.15, 0.2) is 0 Å². The normalized spacial score (nSPS) is 11.0. The van der Waals surface area contributed by atoms with Crippen LogP contribution in [0.2, 0.25) is 0 Å². The van der Waals surface area contributed by atoms with E-state index in [4.69, 9.17) is 0 Å². The van der Waals surface area contributed by atoms with Crippen LogP contribution in [0.3, 0.4) is 0 Å². The SMILES string of the molecule is Fc1cccc(CNCc2cccc3[nH]ccc23)c1. The summed E-state index contributed by atoms with van der Waals surface area (Å²) in [6.45, 7) is 1.43. The molecular formula is C16H15FN2. The average molecular weight is 254 g/mol. The molecule has 0 fully saturated rings. The molecule has 0 aliphatic carbocycles. The van der Waals surface area contributed by atoms with Gasteiger partial charge in [0.1, 0.15) is 5.82 Å². The molecule has 2 N–H and O–H groups in total. The first kappa shape index (κ1) is 11.9. The maximum atomic E-state index is 13.1. The van der Waals surface area contributed by atoms with Crippen molar-refractivity contribution in [2.75, 3.05) is 0 Å². The summed E-state index contributed by atoms with van der Waals surface area (Å²) in [4.78, 5) is 3.20. The zero-order chi connectivity index (χ0) is 13.1. The zero-order valence-electron chi connectivity index (χ0n) is 10.5. The van der Waals surface area contributed by atoms with Crippen LogP contribution in [-0.2, 0) is 13.1 Å². The summed E-state index contributed by atoms with van der Waals surface area (Å²) >= 11 is 0. The summed E-state index contributed by atoms with van der Waals surface area (Å²) in [5, 5.41) is 4.58. The zero-order valence-corrected chi connectivity index (χ0v) is 10.5. The largest absolute Gasteiger partial charge is 0.361 e. The van der Waals surface area contributed by atoms with Crippen molar-refractivity contribution in [3.8, 4) is 0 Å². The summed E-state index contributed by atoms with van der Waals surface area (Å²) in [6.07, 6.45) is 1.95. The van der Waals surface area contributed by atoms with Crippen molar-refractivity contribution < 1.29 is 4.39 Å². The van der Waals surface area contributed by atoms with Crippen LogP contribution in [0.15, 0.2) is 54.7 Å². The second-order valence-electron chi connectivity index (χ2n) is 4.59. The molecule has 0 atom stereocenters. The van der Waals surface area contributed by atoms with Gasteiger partial charge >= 0.3 is 0 Å². The number of aromatic amines is 1. The Bertz CT molecular complexity index is 688. The Balaban J connectivity index is 1.68. The molecule has 2 nitrogen and oxygen atoms in total. The van der Waals surface area contributed by atoms with E-state index >= 15 is 0 Å². The minimum Gasteiger partial charge on any atom is -0.361 e. The lowest BCUT2D eigenvalue weighted by molar-refractivity contribution is 0.620. The first-order valence-corrected chi connectivity index (χ1v) is 6.33. The fourth-order valence-electron chi connectivity index (χ4n) is 2.29. The molecule has 1 heterocycles. The lowest BCUT2D eigenvalue weighted by Crippen LogP contribution is -2.12. The Labute approximate surface area is 111 Å². The van der Waals surface area contributed by atoms with Crippen molar-refractivity contribution in [1.82, 2.24) is 10.3 Å². The Morgan fingerprint density at radius 2 is 1.89 bits per heavy atom. The summed E-state index contributed by atoms with van der Waals surface area (Å²) < 4.78 is 13.1.